The number of rotatable bonds is 2. The van der Waals surface area contributed by atoms with Gasteiger partial charge < -0.3 is 10.5 Å². The molecule has 0 atom stereocenters. The Kier molecular flexibility index (Phi) is 2.87. The van der Waals surface area contributed by atoms with Crippen LogP contribution < -0.4 is 10.5 Å². The van der Waals surface area contributed by atoms with Gasteiger partial charge in [-0.1, -0.05) is 0 Å². The van der Waals surface area contributed by atoms with Crippen LogP contribution in [0.1, 0.15) is 5.69 Å². The van der Waals surface area contributed by atoms with Gasteiger partial charge in [0, 0.05) is 17.8 Å². The summed E-state index contributed by atoms with van der Waals surface area (Å²) in [5, 5.41) is 4.21. The fourth-order valence-electron chi connectivity index (χ4n) is 1.54. The van der Waals surface area contributed by atoms with Crippen LogP contribution in [0.3, 0.4) is 0 Å². The zero-order valence-corrected chi connectivity index (χ0v) is 10.7. The van der Waals surface area contributed by atoms with E-state index in [0.29, 0.717) is 5.82 Å². The van der Waals surface area contributed by atoms with Crippen molar-refractivity contribution in [2.45, 2.75) is 6.92 Å². The van der Waals surface area contributed by atoms with Gasteiger partial charge in [0.25, 0.3) is 0 Å². The van der Waals surface area contributed by atoms with Crippen molar-refractivity contribution in [3.8, 4) is 11.4 Å². The minimum absolute atomic E-state index is 0.513. The number of benzene rings is 1. The third-order valence-corrected chi connectivity index (χ3v) is 2.94. The zero-order valence-electron chi connectivity index (χ0n) is 9.07. The van der Waals surface area contributed by atoms with Crippen molar-refractivity contribution in [2.24, 2.45) is 0 Å². The Labute approximate surface area is 102 Å². The first kappa shape index (κ1) is 11.0. The number of halogens is 1. The molecule has 0 saturated carbocycles. The number of nitrogen functional groups attached to an aromatic ring is 1. The Morgan fingerprint density at radius 3 is 2.69 bits per heavy atom. The summed E-state index contributed by atoms with van der Waals surface area (Å²) < 4.78 is 7.93. The molecule has 0 radical (unpaired) electrons. The molecule has 0 fully saturated rings. The predicted octanol–water partition coefficient (Wildman–Crippen LogP) is 2.53. The van der Waals surface area contributed by atoms with Gasteiger partial charge in [-0.15, -0.1) is 0 Å². The van der Waals surface area contributed by atoms with E-state index in [4.69, 9.17) is 10.5 Å². The van der Waals surface area contributed by atoms with Gasteiger partial charge in [-0.2, -0.15) is 5.10 Å². The summed E-state index contributed by atoms with van der Waals surface area (Å²) in [6, 6.07) is 7.61. The highest BCUT2D eigenvalue weighted by atomic mass is 79.9. The van der Waals surface area contributed by atoms with Crippen molar-refractivity contribution < 1.29 is 4.74 Å². The van der Waals surface area contributed by atoms with Crippen LogP contribution in [0, 0.1) is 6.92 Å². The quantitative estimate of drug-likeness (QED) is 0.920. The smallest absolute Gasteiger partial charge is 0.146 e. The highest BCUT2D eigenvalue weighted by molar-refractivity contribution is 9.10. The summed E-state index contributed by atoms with van der Waals surface area (Å²) in [6.45, 7) is 1.96. The monoisotopic (exact) mass is 281 g/mol. The molecule has 0 spiro atoms. The lowest BCUT2D eigenvalue weighted by Gasteiger charge is -2.08. The lowest BCUT2D eigenvalue weighted by molar-refractivity contribution is 0.412. The van der Waals surface area contributed by atoms with E-state index in [-0.39, 0.29) is 0 Å². The lowest BCUT2D eigenvalue weighted by atomic mass is 10.3. The summed E-state index contributed by atoms with van der Waals surface area (Å²) in [4.78, 5) is 0. The first-order valence-corrected chi connectivity index (χ1v) is 5.57. The fraction of sp³-hybridized carbons (Fsp3) is 0.182. The molecule has 1 aromatic heterocycles. The minimum Gasteiger partial charge on any atom is -0.495 e. The standard InChI is InChI=1S/C11H12BrN3O/c1-7-5-11(13)14-15(7)8-3-4-9(12)10(6-8)16-2/h3-6H,1-2H3,(H2,13,14). The average Bonchev–Trinajstić information content (AvgIpc) is 2.59. The molecule has 0 aliphatic carbocycles. The average molecular weight is 282 g/mol. The number of methoxy groups -OCH3 is 1. The molecule has 4 nitrogen and oxygen atoms in total. The Morgan fingerprint density at radius 2 is 2.12 bits per heavy atom. The number of aryl methyl sites for hydroxylation is 1. The molecule has 5 heteroatoms. The van der Waals surface area contributed by atoms with E-state index in [1.807, 2.05) is 31.2 Å². The largest absolute Gasteiger partial charge is 0.495 e. The Morgan fingerprint density at radius 1 is 1.38 bits per heavy atom. The van der Waals surface area contributed by atoms with Gasteiger partial charge in [-0.3, -0.25) is 0 Å². The summed E-state index contributed by atoms with van der Waals surface area (Å²) >= 11 is 3.41. The van der Waals surface area contributed by atoms with Crippen LogP contribution in [0.4, 0.5) is 5.82 Å². The van der Waals surface area contributed by atoms with Crippen LogP contribution in [0.2, 0.25) is 0 Å². The summed E-state index contributed by atoms with van der Waals surface area (Å²) in [5.74, 6) is 1.28. The maximum absolute atomic E-state index is 5.64. The highest BCUT2D eigenvalue weighted by Gasteiger charge is 2.07. The number of ether oxygens (including phenoxy) is 1. The molecule has 2 rings (SSSR count). The molecule has 1 aromatic carbocycles. The van der Waals surface area contributed by atoms with Gasteiger partial charge in [-0.25, -0.2) is 4.68 Å². The maximum atomic E-state index is 5.64. The molecule has 2 N–H and O–H groups in total. The molecule has 0 aliphatic rings. The Hall–Kier alpha value is -1.49. The van der Waals surface area contributed by atoms with Crippen molar-refractivity contribution in [2.75, 3.05) is 12.8 Å². The molecule has 16 heavy (non-hydrogen) atoms. The van der Waals surface area contributed by atoms with Crippen LogP contribution in [-0.2, 0) is 0 Å². The molecule has 84 valence electrons. The summed E-state index contributed by atoms with van der Waals surface area (Å²) in [7, 11) is 1.63. The third kappa shape index (κ3) is 1.90. The maximum Gasteiger partial charge on any atom is 0.146 e. The van der Waals surface area contributed by atoms with E-state index in [9.17, 15) is 0 Å². The molecule has 1 heterocycles. The first-order valence-electron chi connectivity index (χ1n) is 4.78. The highest BCUT2D eigenvalue weighted by Crippen LogP contribution is 2.27. The van der Waals surface area contributed by atoms with Crippen molar-refractivity contribution >= 4 is 21.7 Å². The van der Waals surface area contributed by atoms with Crippen molar-refractivity contribution in [3.05, 3.63) is 34.4 Å². The minimum atomic E-state index is 0.513. The molecule has 0 amide bonds. The van der Waals surface area contributed by atoms with Gasteiger partial charge in [0.05, 0.1) is 17.3 Å². The van der Waals surface area contributed by atoms with Crippen molar-refractivity contribution in [1.82, 2.24) is 9.78 Å². The molecule has 0 bridgehead atoms. The van der Waals surface area contributed by atoms with Crippen LogP contribution in [0.15, 0.2) is 28.7 Å². The van der Waals surface area contributed by atoms with Gasteiger partial charge in [0.15, 0.2) is 0 Å². The van der Waals surface area contributed by atoms with Crippen molar-refractivity contribution in [3.63, 3.8) is 0 Å². The van der Waals surface area contributed by atoms with E-state index in [2.05, 4.69) is 21.0 Å². The first-order chi connectivity index (χ1) is 7.61. The summed E-state index contributed by atoms with van der Waals surface area (Å²) in [5.41, 5.74) is 7.56. The number of aromatic nitrogens is 2. The van der Waals surface area contributed by atoms with E-state index in [0.717, 1.165) is 21.6 Å². The second kappa shape index (κ2) is 4.17. The normalized spacial score (nSPS) is 10.4. The number of nitrogens with two attached hydrogens (primary N) is 1. The van der Waals surface area contributed by atoms with Crippen LogP contribution >= 0.6 is 15.9 Å². The number of hydrogen-bond donors (Lipinski definition) is 1. The fourth-order valence-corrected chi connectivity index (χ4v) is 1.95. The van der Waals surface area contributed by atoms with Crippen LogP contribution in [0.5, 0.6) is 5.75 Å². The van der Waals surface area contributed by atoms with E-state index in [1.165, 1.54) is 0 Å². The summed E-state index contributed by atoms with van der Waals surface area (Å²) in [6.07, 6.45) is 0. The predicted molar refractivity (Wildman–Crippen MR) is 67.0 cm³/mol. The second-order valence-electron chi connectivity index (χ2n) is 3.44. The SMILES string of the molecule is COc1cc(-n2nc(N)cc2C)ccc1Br. The molecule has 0 saturated heterocycles. The van der Waals surface area contributed by atoms with Crippen LogP contribution in [0.25, 0.3) is 5.69 Å². The van der Waals surface area contributed by atoms with Gasteiger partial charge >= 0.3 is 0 Å². The Bertz CT molecular complexity index is 522. The second-order valence-corrected chi connectivity index (χ2v) is 4.30. The van der Waals surface area contributed by atoms with Crippen LogP contribution in [-0.4, -0.2) is 16.9 Å². The van der Waals surface area contributed by atoms with E-state index < -0.39 is 0 Å². The molecule has 2 aromatic rings. The Balaban J connectivity index is 2.52. The molecule has 0 unspecified atom stereocenters. The molecular weight excluding hydrogens is 270 g/mol. The third-order valence-electron chi connectivity index (χ3n) is 2.29. The van der Waals surface area contributed by atoms with Crippen molar-refractivity contribution in [1.29, 1.82) is 0 Å². The molecule has 0 aliphatic heterocycles. The zero-order chi connectivity index (χ0) is 11.7. The van der Waals surface area contributed by atoms with E-state index >= 15 is 0 Å². The van der Waals surface area contributed by atoms with Gasteiger partial charge in [0.2, 0.25) is 0 Å². The lowest BCUT2D eigenvalue weighted by Crippen LogP contribution is -2.00. The van der Waals surface area contributed by atoms with Gasteiger partial charge in [-0.05, 0) is 35.0 Å². The van der Waals surface area contributed by atoms with E-state index in [1.54, 1.807) is 11.8 Å². The topological polar surface area (TPSA) is 53.1 Å². The number of anilines is 1. The number of hydrogen-bond acceptors (Lipinski definition) is 3. The molecular formula is C11H12BrN3O. The number of nitrogens with zero attached hydrogens (tertiary/aromatic N) is 2. The van der Waals surface area contributed by atoms with Gasteiger partial charge in [0.1, 0.15) is 11.6 Å².